The van der Waals surface area contributed by atoms with Gasteiger partial charge < -0.3 is 9.47 Å². The van der Waals surface area contributed by atoms with Gasteiger partial charge in [-0.15, -0.1) is 0 Å². The number of carbonyl (C=O) groups excluding carboxylic acids is 1. The van der Waals surface area contributed by atoms with E-state index in [1.54, 1.807) is 0 Å². The molecular weight excluding hydrogens is 200 g/mol. The number of nitrogens with zero attached hydrogens (tertiary/aromatic N) is 2. The van der Waals surface area contributed by atoms with Gasteiger partial charge >= 0.3 is 0 Å². The first-order valence-corrected chi connectivity index (χ1v) is 6.00. The zero-order valence-corrected chi connectivity index (χ0v) is 10.4. The number of aromatic nitrogens is 1. The Morgan fingerprint density at radius 3 is 2.38 bits per heavy atom. The molecule has 1 amide bonds. The maximum Gasteiger partial charge on any atom is 0.242 e. The largest absolute Gasteiger partial charge is 0.342 e. The smallest absolute Gasteiger partial charge is 0.242 e. The molecule has 0 unspecified atom stereocenters. The molecule has 88 valence electrons. The van der Waals surface area contributed by atoms with Crippen LogP contribution in [-0.4, -0.2) is 28.5 Å². The molecule has 0 atom stereocenters. The maximum absolute atomic E-state index is 12.0. The molecule has 1 saturated heterocycles. The van der Waals surface area contributed by atoms with E-state index in [0.717, 1.165) is 25.9 Å². The van der Waals surface area contributed by atoms with Crippen molar-refractivity contribution in [1.82, 2.24) is 9.47 Å². The van der Waals surface area contributed by atoms with Crippen molar-refractivity contribution in [2.75, 3.05) is 13.1 Å². The van der Waals surface area contributed by atoms with E-state index in [9.17, 15) is 4.79 Å². The third kappa shape index (κ3) is 1.99. The molecule has 0 spiro atoms. The van der Waals surface area contributed by atoms with Crippen molar-refractivity contribution in [1.29, 1.82) is 0 Å². The van der Waals surface area contributed by atoms with Gasteiger partial charge in [0.1, 0.15) is 6.54 Å². The summed E-state index contributed by atoms with van der Waals surface area (Å²) in [5, 5.41) is 0. The van der Waals surface area contributed by atoms with E-state index in [-0.39, 0.29) is 5.91 Å². The summed E-state index contributed by atoms with van der Waals surface area (Å²) in [4.78, 5) is 14.0. The van der Waals surface area contributed by atoms with Gasteiger partial charge in [0.15, 0.2) is 0 Å². The number of hydrogen-bond donors (Lipinski definition) is 0. The van der Waals surface area contributed by atoms with Crippen LogP contribution in [0.3, 0.4) is 0 Å². The van der Waals surface area contributed by atoms with Gasteiger partial charge in [0.2, 0.25) is 5.91 Å². The molecule has 0 N–H and O–H groups in total. The van der Waals surface area contributed by atoms with Crippen molar-refractivity contribution < 1.29 is 4.79 Å². The second-order valence-corrected chi connectivity index (χ2v) is 4.74. The van der Waals surface area contributed by atoms with Gasteiger partial charge in [0.25, 0.3) is 0 Å². The molecule has 2 rings (SSSR count). The molecule has 1 aliphatic heterocycles. The molecular formula is C13H20N2O. The summed E-state index contributed by atoms with van der Waals surface area (Å²) < 4.78 is 2.07. The molecule has 0 bridgehead atoms. The van der Waals surface area contributed by atoms with Gasteiger partial charge in [0.05, 0.1) is 0 Å². The standard InChI is InChI=1S/C13H20N2O/c1-10-8-15(12(3)11(10)2)9-13(16)14-6-4-5-7-14/h8H,4-7,9H2,1-3H3. The molecule has 1 aromatic rings. The SMILES string of the molecule is Cc1cn(CC(=O)N2CCCC2)c(C)c1C. The fourth-order valence-electron chi connectivity index (χ4n) is 2.30. The highest BCUT2D eigenvalue weighted by Gasteiger charge is 2.18. The Kier molecular flexibility index (Phi) is 3.03. The fraction of sp³-hybridized carbons (Fsp3) is 0.615. The average molecular weight is 220 g/mol. The van der Waals surface area contributed by atoms with Crippen LogP contribution in [-0.2, 0) is 11.3 Å². The van der Waals surface area contributed by atoms with Crippen LogP contribution in [0.25, 0.3) is 0 Å². The molecule has 0 radical (unpaired) electrons. The second kappa shape index (κ2) is 4.32. The molecule has 2 heterocycles. The zero-order valence-electron chi connectivity index (χ0n) is 10.4. The number of aryl methyl sites for hydroxylation is 1. The number of amides is 1. The summed E-state index contributed by atoms with van der Waals surface area (Å²) >= 11 is 0. The minimum atomic E-state index is 0.260. The molecule has 0 aliphatic carbocycles. The lowest BCUT2D eigenvalue weighted by atomic mass is 10.2. The van der Waals surface area contributed by atoms with Crippen LogP contribution in [0.4, 0.5) is 0 Å². The summed E-state index contributed by atoms with van der Waals surface area (Å²) in [5.41, 5.74) is 3.78. The van der Waals surface area contributed by atoms with E-state index in [0.29, 0.717) is 6.54 Å². The van der Waals surface area contributed by atoms with Crippen LogP contribution >= 0.6 is 0 Å². The van der Waals surface area contributed by atoms with Gasteiger partial charge in [-0.3, -0.25) is 4.79 Å². The number of hydrogen-bond acceptors (Lipinski definition) is 1. The van der Waals surface area contributed by atoms with E-state index in [2.05, 4.69) is 31.5 Å². The summed E-state index contributed by atoms with van der Waals surface area (Å²) in [6, 6.07) is 0. The molecule has 0 saturated carbocycles. The average Bonchev–Trinajstić information content (AvgIpc) is 2.85. The fourth-order valence-corrected chi connectivity index (χ4v) is 2.30. The lowest BCUT2D eigenvalue weighted by Crippen LogP contribution is -2.31. The summed E-state index contributed by atoms with van der Waals surface area (Å²) in [7, 11) is 0. The van der Waals surface area contributed by atoms with Crippen molar-refractivity contribution in [2.45, 2.75) is 40.2 Å². The van der Waals surface area contributed by atoms with Gasteiger partial charge in [0, 0.05) is 25.0 Å². The van der Waals surface area contributed by atoms with E-state index >= 15 is 0 Å². The van der Waals surface area contributed by atoms with Crippen molar-refractivity contribution in [2.24, 2.45) is 0 Å². The summed E-state index contributed by atoms with van der Waals surface area (Å²) in [6.45, 7) is 8.68. The maximum atomic E-state index is 12.0. The summed E-state index contributed by atoms with van der Waals surface area (Å²) in [5.74, 6) is 0.260. The van der Waals surface area contributed by atoms with Crippen molar-refractivity contribution >= 4 is 5.91 Å². The molecule has 1 fully saturated rings. The molecule has 1 aliphatic rings. The second-order valence-electron chi connectivity index (χ2n) is 4.74. The molecule has 3 nitrogen and oxygen atoms in total. The van der Waals surface area contributed by atoms with E-state index in [4.69, 9.17) is 0 Å². The Labute approximate surface area is 97.1 Å². The number of carbonyl (C=O) groups is 1. The van der Waals surface area contributed by atoms with Gasteiger partial charge in [-0.05, 0) is 44.7 Å². The predicted octanol–water partition coefficient (Wildman–Crippen LogP) is 2.04. The van der Waals surface area contributed by atoms with Crippen LogP contribution in [0.5, 0.6) is 0 Å². The van der Waals surface area contributed by atoms with Crippen molar-refractivity contribution in [3.05, 3.63) is 23.0 Å². The highest BCUT2D eigenvalue weighted by atomic mass is 16.2. The Morgan fingerprint density at radius 2 is 1.88 bits per heavy atom. The molecule has 3 heteroatoms. The first-order valence-electron chi connectivity index (χ1n) is 6.00. The minimum Gasteiger partial charge on any atom is -0.342 e. The highest BCUT2D eigenvalue weighted by molar-refractivity contribution is 5.76. The molecule has 16 heavy (non-hydrogen) atoms. The molecule has 0 aromatic carbocycles. The number of likely N-dealkylation sites (tertiary alicyclic amines) is 1. The van der Waals surface area contributed by atoms with Gasteiger partial charge in [-0.2, -0.15) is 0 Å². The lowest BCUT2D eigenvalue weighted by molar-refractivity contribution is -0.130. The van der Waals surface area contributed by atoms with Crippen LogP contribution in [0, 0.1) is 20.8 Å². The van der Waals surface area contributed by atoms with E-state index < -0.39 is 0 Å². The first kappa shape index (κ1) is 11.2. The third-order valence-corrected chi connectivity index (χ3v) is 3.68. The van der Waals surface area contributed by atoms with Gasteiger partial charge in [-0.1, -0.05) is 0 Å². The summed E-state index contributed by atoms with van der Waals surface area (Å²) in [6.07, 6.45) is 4.40. The van der Waals surface area contributed by atoms with Crippen LogP contribution in [0.2, 0.25) is 0 Å². The zero-order chi connectivity index (χ0) is 11.7. The minimum absolute atomic E-state index is 0.260. The molecule has 1 aromatic heterocycles. The Hall–Kier alpha value is -1.25. The van der Waals surface area contributed by atoms with E-state index in [1.807, 2.05) is 4.90 Å². The monoisotopic (exact) mass is 220 g/mol. The van der Waals surface area contributed by atoms with Gasteiger partial charge in [-0.25, -0.2) is 0 Å². The Bertz CT molecular complexity index is 400. The highest BCUT2D eigenvalue weighted by Crippen LogP contribution is 2.15. The topological polar surface area (TPSA) is 25.2 Å². The van der Waals surface area contributed by atoms with Crippen molar-refractivity contribution in [3.63, 3.8) is 0 Å². The Morgan fingerprint density at radius 1 is 1.25 bits per heavy atom. The van der Waals surface area contributed by atoms with Crippen molar-refractivity contribution in [3.8, 4) is 0 Å². The van der Waals surface area contributed by atoms with Crippen LogP contribution in [0.1, 0.15) is 29.7 Å². The predicted molar refractivity (Wildman–Crippen MR) is 64.5 cm³/mol. The third-order valence-electron chi connectivity index (χ3n) is 3.68. The lowest BCUT2D eigenvalue weighted by Gasteiger charge is -2.16. The van der Waals surface area contributed by atoms with E-state index in [1.165, 1.54) is 16.8 Å². The quantitative estimate of drug-likeness (QED) is 0.748. The normalized spacial score (nSPS) is 15.8. The first-order chi connectivity index (χ1) is 7.59. The van der Waals surface area contributed by atoms with Crippen LogP contribution < -0.4 is 0 Å². The Balaban J connectivity index is 2.08. The number of rotatable bonds is 2. The van der Waals surface area contributed by atoms with Crippen LogP contribution in [0.15, 0.2) is 6.20 Å².